The molecule has 6 nitrogen and oxygen atoms in total. The van der Waals surface area contributed by atoms with Gasteiger partial charge in [0.15, 0.2) is 5.13 Å². The monoisotopic (exact) mass is 447 g/mol. The molecular formula is C20H19Cl2N5OS. The van der Waals surface area contributed by atoms with Crippen LogP contribution in [0.5, 0.6) is 0 Å². The number of benzene rings is 1. The number of aryl methyl sites for hydroxylation is 1. The number of anilines is 3. The van der Waals surface area contributed by atoms with Crippen LogP contribution in [0.1, 0.15) is 15.9 Å². The highest BCUT2D eigenvalue weighted by atomic mass is 35.5. The maximum Gasteiger partial charge on any atom is 0.255 e. The van der Waals surface area contributed by atoms with Gasteiger partial charge in [0.1, 0.15) is 11.6 Å². The maximum absolute atomic E-state index is 12.8. The summed E-state index contributed by atoms with van der Waals surface area (Å²) in [7, 11) is 0. The van der Waals surface area contributed by atoms with Crippen LogP contribution >= 0.6 is 34.5 Å². The van der Waals surface area contributed by atoms with Crippen LogP contribution in [0.15, 0.2) is 41.9 Å². The van der Waals surface area contributed by atoms with E-state index >= 15 is 0 Å². The summed E-state index contributed by atoms with van der Waals surface area (Å²) < 4.78 is 0. The molecule has 0 aliphatic carbocycles. The van der Waals surface area contributed by atoms with E-state index in [1.165, 1.54) is 11.3 Å². The molecule has 2 aromatic heterocycles. The average molecular weight is 448 g/mol. The minimum absolute atomic E-state index is 0.0971. The summed E-state index contributed by atoms with van der Waals surface area (Å²) in [5.41, 5.74) is 1.49. The first-order valence-electron chi connectivity index (χ1n) is 9.15. The molecule has 9 heteroatoms. The Morgan fingerprint density at radius 3 is 2.66 bits per heavy atom. The topological polar surface area (TPSA) is 61.4 Å². The Labute approximate surface area is 183 Å². The molecule has 1 saturated heterocycles. The van der Waals surface area contributed by atoms with Gasteiger partial charge in [0.2, 0.25) is 0 Å². The normalized spacial score (nSPS) is 14.2. The number of amides is 1. The van der Waals surface area contributed by atoms with Crippen LogP contribution < -0.4 is 10.2 Å². The highest BCUT2D eigenvalue weighted by Crippen LogP contribution is 2.28. The fourth-order valence-corrected chi connectivity index (χ4v) is 4.09. The van der Waals surface area contributed by atoms with Crippen LogP contribution in [-0.2, 0) is 0 Å². The second-order valence-electron chi connectivity index (χ2n) is 6.68. The quantitative estimate of drug-likeness (QED) is 0.618. The summed E-state index contributed by atoms with van der Waals surface area (Å²) in [5.74, 6) is 1.57. The van der Waals surface area contributed by atoms with Crippen LogP contribution in [0.25, 0.3) is 0 Å². The predicted molar refractivity (Wildman–Crippen MR) is 119 cm³/mol. The minimum atomic E-state index is -0.0971. The van der Waals surface area contributed by atoms with Crippen LogP contribution in [0.2, 0.25) is 10.0 Å². The smallest absolute Gasteiger partial charge is 0.255 e. The average Bonchev–Trinajstić information content (AvgIpc) is 3.24. The van der Waals surface area contributed by atoms with Crippen molar-refractivity contribution in [2.75, 3.05) is 36.4 Å². The van der Waals surface area contributed by atoms with Crippen molar-refractivity contribution >= 4 is 57.2 Å². The van der Waals surface area contributed by atoms with Gasteiger partial charge in [-0.1, -0.05) is 35.3 Å². The summed E-state index contributed by atoms with van der Waals surface area (Å²) in [6, 6.07) is 9.18. The van der Waals surface area contributed by atoms with E-state index in [-0.39, 0.29) is 5.91 Å². The van der Waals surface area contributed by atoms with Gasteiger partial charge >= 0.3 is 0 Å². The molecule has 1 aliphatic heterocycles. The predicted octanol–water partition coefficient (Wildman–Crippen LogP) is 4.86. The summed E-state index contributed by atoms with van der Waals surface area (Å²) in [5, 5.41) is 6.70. The molecule has 0 saturated carbocycles. The molecule has 1 aliphatic rings. The van der Waals surface area contributed by atoms with E-state index in [2.05, 4.69) is 15.2 Å². The van der Waals surface area contributed by atoms with E-state index in [1.54, 1.807) is 29.3 Å². The molecule has 29 heavy (non-hydrogen) atoms. The number of nitrogens with one attached hydrogen (secondary N) is 1. The highest BCUT2D eigenvalue weighted by Gasteiger charge is 2.25. The van der Waals surface area contributed by atoms with Gasteiger partial charge in [-0.15, -0.1) is 11.3 Å². The Balaban J connectivity index is 1.44. The molecular weight excluding hydrogens is 429 g/mol. The van der Waals surface area contributed by atoms with Gasteiger partial charge in [-0.05, 0) is 30.7 Å². The largest absolute Gasteiger partial charge is 0.353 e. The van der Waals surface area contributed by atoms with Gasteiger partial charge < -0.3 is 15.1 Å². The Morgan fingerprint density at radius 2 is 1.93 bits per heavy atom. The third kappa shape index (κ3) is 4.32. The number of carbonyl (C=O) groups is 1. The number of thiazole rings is 1. The van der Waals surface area contributed by atoms with Crippen LogP contribution in [0.4, 0.5) is 16.8 Å². The van der Waals surface area contributed by atoms with Gasteiger partial charge in [-0.3, -0.25) is 4.79 Å². The molecule has 150 valence electrons. The number of piperazine rings is 1. The summed E-state index contributed by atoms with van der Waals surface area (Å²) >= 11 is 13.8. The molecule has 1 N–H and O–H groups in total. The molecule has 4 rings (SSSR count). The molecule has 0 unspecified atom stereocenters. The Bertz CT molecular complexity index is 1020. The lowest BCUT2D eigenvalue weighted by molar-refractivity contribution is 0.0746. The minimum Gasteiger partial charge on any atom is -0.353 e. The SMILES string of the molecule is Cc1ccc(N2CCN(C(=O)c3cccc(Cl)c3Cl)CC2)nc1Nc1nccs1. The Hall–Kier alpha value is -2.35. The van der Waals surface area contributed by atoms with Crippen LogP contribution in [-0.4, -0.2) is 47.0 Å². The number of rotatable bonds is 4. The molecule has 0 radical (unpaired) electrons. The van der Waals surface area contributed by atoms with Crippen molar-refractivity contribution < 1.29 is 4.79 Å². The number of carbonyl (C=O) groups excluding carboxylic acids is 1. The van der Waals surface area contributed by atoms with Crippen molar-refractivity contribution in [2.45, 2.75) is 6.92 Å². The number of aromatic nitrogens is 2. The molecule has 1 amide bonds. The first-order valence-corrected chi connectivity index (χ1v) is 10.8. The number of hydrogen-bond acceptors (Lipinski definition) is 6. The van der Waals surface area contributed by atoms with Gasteiger partial charge in [0.25, 0.3) is 5.91 Å². The molecule has 3 heterocycles. The standard InChI is InChI=1S/C20H19Cl2N5OS/c1-13-5-6-16(24-18(13)25-20-23-7-12-29-20)26-8-10-27(11-9-26)19(28)14-3-2-4-15(21)17(14)22/h2-7,12H,8-11H2,1H3,(H,23,24,25). The van der Waals surface area contributed by atoms with Gasteiger partial charge in [-0.25, -0.2) is 9.97 Å². The highest BCUT2D eigenvalue weighted by molar-refractivity contribution is 7.13. The van der Waals surface area contributed by atoms with E-state index in [9.17, 15) is 4.79 Å². The molecule has 3 aromatic rings. The van der Waals surface area contributed by atoms with Crippen molar-refractivity contribution in [3.8, 4) is 0 Å². The fourth-order valence-electron chi connectivity index (χ4n) is 3.19. The number of halogens is 2. The lowest BCUT2D eigenvalue weighted by Gasteiger charge is -2.35. The van der Waals surface area contributed by atoms with Gasteiger partial charge in [0, 0.05) is 37.8 Å². The van der Waals surface area contributed by atoms with E-state index < -0.39 is 0 Å². The van der Waals surface area contributed by atoms with Gasteiger partial charge in [-0.2, -0.15) is 0 Å². The Morgan fingerprint density at radius 1 is 1.14 bits per heavy atom. The molecule has 0 atom stereocenters. The van der Waals surface area contributed by atoms with E-state index in [0.29, 0.717) is 41.8 Å². The zero-order chi connectivity index (χ0) is 20.4. The Kier molecular flexibility index (Phi) is 5.89. The third-order valence-corrected chi connectivity index (χ3v) is 6.32. The number of pyridine rings is 1. The first-order chi connectivity index (χ1) is 14.0. The van der Waals surface area contributed by atoms with Crippen molar-refractivity contribution in [3.05, 3.63) is 63.1 Å². The molecule has 0 bridgehead atoms. The fraction of sp³-hybridized carbons (Fsp3) is 0.250. The van der Waals surface area contributed by atoms with Gasteiger partial charge in [0.05, 0.1) is 15.6 Å². The zero-order valence-corrected chi connectivity index (χ0v) is 18.1. The molecule has 0 spiro atoms. The third-order valence-electron chi connectivity index (χ3n) is 4.81. The van der Waals surface area contributed by atoms with E-state index in [1.807, 2.05) is 24.4 Å². The summed E-state index contributed by atoms with van der Waals surface area (Å²) in [6.07, 6.45) is 1.76. The van der Waals surface area contributed by atoms with Crippen molar-refractivity contribution in [3.63, 3.8) is 0 Å². The zero-order valence-electron chi connectivity index (χ0n) is 15.7. The second kappa shape index (κ2) is 8.57. The van der Waals surface area contributed by atoms with E-state index in [0.717, 1.165) is 22.3 Å². The van der Waals surface area contributed by atoms with Crippen molar-refractivity contribution in [2.24, 2.45) is 0 Å². The number of hydrogen-bond donors (Lipinski definition) is 1. The van der Waals surface area contributed by atoms with Crippen molar-refractivity contribution in [1.29, 1.82) is 0 Å². The maximum atomic E-state index is 12.8. The molecule has 1 fully saturated rings. The van der Waals surface area contributed by atoms with Crippen LogP contribution in [0, 0.1) is 6.92 Å². The molecule has 1 aromatic carbocycles. The lowest BCUT2D eigenvalue weighted by atomic mass is 10.1. The summed E-state index contributed by atoms with van der Waals surface area (Å²) in [6.45, 7) is 4.57. The van der Waals surface area contributed by atoms with E-state index in [4.69, 9.17) is 28.2 Å². The summed E-state index contributed by atoms with van der Waals surface area (Å²) in [4.78, 5) is 25.8. The number of nitrogens with zero attached hydrogens (tertiary/aromatic N) is 4. The lowest BCUT2D eigenvalue weighted by Crippen LogP contribution is -2.49. The second-order valence-corrected chi connectivity index (χ2v) is 8.36. The van der Waals surface area contributed by atoms with Crippen molar-refractivity contribution in [1.82, 2.24) is 14.9 Å². The van der Waals surface area contributed by atoms with Crippen LogP contribution in [0.3, 0.4) is 0 Å². The first kappa shape index (κ1) is 19.9.